The number of nitrogens with one attached hydrogen (secondary N) is 2. The van der Waals surface area contributed by atoms with Crippen LogP contribution < -0.4 is 25.7 Å². The van der Waals surface area contributed by atoms with Crippen molar-refractivity contribution in [3.05, 3.63) is 75.7 Å². The summed E-state index contributed by atoms with van der Waals surface area (Å²) in [5.41, 5.74) is 1.42. The van der Waals surface area contributed by atoms with Crippen molar-refractivity contribution in [1.82, 2.24) is 15.1 Å². The molecular formula is C24H20F2N4O5. The highest BCUT2D eigenvalue weighted by Gasteiger charge is 2.24. The molecular weight excluding hydrogens is 462 g/mol. The first-order valence-corrected chi connectivity index (χ1v) is 10.9. The lowest BCUT2D eigenvalue weighted by atomic mass is 10.1. The number of anilines is 1. The number of carbonyl (C=O) groups excluding carboxylic acids is 2. The predicted molar refractivity (Wildman–Crippen MR) is 120 cm³/mol. The number of fused-ring (bicyclic) bond motifs is 1. The first-order valence-electron chi connectivity index (χ1n) is 10.9. The van der Waals surface area contributed by atoms with Gasteiger partial charge in [0.05, 0.1) is 12.3 Å². The zero-order valence-electron chi connectivity index (χ0n) is 18.3. The summed E-state index contributed by atoms with van der Waals surface area (Å²) in [6, 6.07) is 11.4. The van der Waals surface area contributed by atoms with Gasteiger partial charge < -0.3 is 20.1 Å². The van der Waals surface area contributed by atoms with Gasteiger partial charge in [0.15, 0.2) is 11.5 Å². The van der Waals surface area contributed by atoms with Gasteiger partial charge in [-0.05, 0) is 60.7 Å². The fraction of sp³-hybridized carbons (Fsp3) is 0.250. The van der Waals surface area contributed by atoms with Gasteiger partial charge >= 0.3 is 6.61 Å². The summed E-state index contributed by atoms with van der Waals surface area (Å²) in [5.74, 6) is -0.481. The number of hydrogen-bond donors (Lipinski definition) is 2. The SMILES string of the molecule is O=C(Nc1ccc2c(c1)CNC2=O)c1ccc(=O)n(-c2ccc(OC(F)F)c(OCC3CC3)c2)n1. The first kappa shape index (κ1) is 22.5. The van der Waals surface area contributed by atoms with Crippen LogP contribution in [0.3, 0.4) is 0 Å². The number of amides is 2. The van der Waals surface area contributed by atoms with Crippen molar-refractivity contribution in [2.45, 2.75) is 26.0 Å². The fourth-order valence-corrected chi connectivity index (χ4v) is 3.65. The van der Waals surface area contributed by atoms with E-state index in [9.17, 15) is 23.2 Å². The van der Waals surface area contributed by atoms with Gasteiger partial charge in [0, 0.05) is 29.9 Å². The van der Waals surface area contributed by atoms with Gasteiger partial charge in [-0.15, -0.1) is 0 Å². The van der Waals surface area contributed by atoms with Crippen molar-refractivity contribution >= 4 is 17.5 Å². The van der Waals surface area contributed by atoms with E-state index in [0.29, 0.717) is 30.3 Å². The zero-order valence-corrected chi connectivity index (χ0v) is 18.3. The molecule has 5 rings (SSSR count). The van der Waals surface area contributed by atoms with Gasteiger partial charge in [-0.1, -0.05) is 0 Å². The normalized spacial score (nSPS) is 14.4. The van der Waals surface area contributed by atoms with E-state index in [1.807, 2.05) is 0 Å². The highest BCUT2D eigenvalue weighted by Crippen LogP contribution is 2.34. The minimum atomic E-state index is -3.04. The summed E-state index contributed by atoms with van der Waals surface area (Å²) >= 11 is 0. The van der Waals surface area contributed by atoms with Crippen LogP contribution in [0.2, 0.25) is 0 Å². The Morgan fingerprint density at radius 2 is 1.94 bits per heavy atom. The van der Waals surface area contributed by atoms with Gasteiger partial charge in [0.2, 0.25) is 0 Å². The Morgan fingerprint density at radius 3 is 2.71 bits per heavy atom. The molecule has 180 valence electrons. The Kier molecular flexibility index (Phi) is 5.89. The maximum absolute atomic E-state index is 12.8. The largest absolute Gasteiger partial charge is 0.489 e. The first-order chi connectivity index (χ1) is 16.9. The van der Waals surface area contributed by atoms with Crippen LogP contribution in [-0.2, 0) is 6.54 Å². The average molecular weight is 482 g/mol. The molecule has 9 nitrogen and oxygen atoms in total. The van der Waals surface area contributed by atoms with Crippen LogP contribution in [0.1, 0.15) is 39.3 Å². The molecule has 2 N–H and O–H groups in total. The molecule has 1 aliphatic carbocycles. The van der Waals surface area contributed by atoms with Crippen molar-refractivity contribution in [3.63, 3.8) is 0 Å². The summed E-state index contributed by atoms with van der Waals surface area (Å²) in [6.07, 6.45) is 2.00. The van der Waals surface area contributed by atoms with Crippen LogP contribution in [0.5, 0.6) is 11.5 Å². The van der Waals surface area contributed by atoms with Crippen molar-refractivity contribution in [2.24, 2.45) is 5.92 Å². The van der Waals surface area contributed by atoms with Crippen LogP contribution in [0, 0.1) is 5.92 Å². The van der Waals surface area contributed by atoms with Crippen LogP contribution in [0.25, 0.3) is 5.69 Å². The Labute approximate surface area is 197 Å². The molecule has 3 aromatic rings. The van der Waals surface area contributed by atoms with E-state index >= 15 is 0 Å². The van der Waals surface area contributed by atoms with E-state index in [-0.39, 0.29) is 28.8 Å². The van der Waals surface area contributed by atoms with E-state index in [1.165, 1.54) is 30.3 Å². The number of ether oxygens (including phenoxy) is 2. The number of hydrogen-bond acceptors (Lipinski definition) is 6. The van der Waals surface area contributed by atoms with Crippen LogP contribution in [0.15, 0.2) is 53.3 Å². The number of benzene rings is 2. The average Bonchev–Trinajstić information content (AvgIpc) is 3.60. The van der Waals surface area contributed by atoms with Crippen LogP contribution in [-0.4, -0.2) is 34.8 Å². The molecule has 0 unspecified atom stereocenters. The maximum atomic E-state index is 12.8. The molecule has 2 aliphatic rings. The molecule has 0 saturated heterocycles. The van der Waals surface area contributed by atoms with Gasteiger partial charge in [-0.3, -0.25) is 14.4 Å². The second-order valence-electron chi connectivity index (χ2n) is 8.24. The van der Waals surface area contributed by atoms with Gasteiger partial charge in [-0.2, -0.15) is 18.6 Å². The Bertz CT molecular complexity index is 1370. The Balaban J connectivity index is 1.40. The second-order valence-corrected chi connectivity index (χ2v) is 8.24. The third-order valence-electron chi connectivity index (χ3n) is 5.64. The second kappa shape index (κ2) is 9.16. The summed E-state index contributed by atoms with van der Waals surface area (Å²) in [4.78, 5) is 37.0. The molecule has 2 amide bonds. The summed E-state index contributed by atoms with van der Waals surface area (Å²) < 4.78 is 36.8. The monoisotopic (exact) mass is 482 g/mol. The minimum absolute atomic E-state index is 0.0485. The molecule has 0 bridgehead atoms. The highest BCUT2D eigenvalue weighted by molar-refractivity contribution is 6.04. The maximum Gasteiger partial charge on any atom is 0.387 e. The molecule has 2 aromatic carbocycles. The van der Waals surface area contributed by atoms with Gasteiger partial charge in [-0.25, -0.2) is 0 Å². The molecule has 35 heavy (non-hydrogen) atoms. The molecule has 0 atom stereocenters. The number of alkyl halides is 2. The molecule has 11 heteroatoms. The standard InChI is InChI=1S/C24H20F2N4O5/c25-24(26)35-19-7-4-16(10-20(19)34-12-13-1-2-13)30-21(31)8-6-18(29-30)23(33)28-15-3-5-17-14(9-15)11-27-22(17)32/h3-10,13,24H,1-2,11-12H2,(H,27,32)(H,28,33). The number of aromatic nitrogens is 2. The van der Waals surface area contributed by atoms with Gasteiger partial charge in [0.25, 0.3) is 17.4 Å². The van der Waals surface area contributed by atoms with Crippen LogP contribution >= 0.6 is 0 Å². The van der Waals surface area contributed by atoms with Crippen molar-refractivity contribution in [1.29, 1.82) is 0 Å². The summed E-state index contributed by atoms with van der Waals surface area (Å²) in [5, 5.41) is 9.55. The molecule has 1 aliphatic heterocycles. The van der Waals surface area contributed by atoms with Gasteiger partial charge in [0.1, 0.15) is 5.69 Å². The van der Waals surface area contributed by atoms with Crippen molar-refractivity contribution < 1.29 is 27.8 Å². The fourth-order valence-electron chi connectivity index (χ4n) is 3.65. The quantitative estimate of drug-likeness (QED) is 0.510. The topological polar surface area (TPSA) is 112 Å². The molecule has 2 heterocycles. The summed E-state index contributed by atoms with van der Waals surface area (Å²) in [7, 11) is 0. The highest BCUT2D eigenvalue weighted by atomic mass is 19.3. The van der Waals surface area contributed by atoms with Crippen molar-refractivity contribution in [2.75, 3.05) is 11.9 Å². The van der Waals surface area contributed by atoms with Crippen molar-refractivity contribution in [3.8, 4) is 17.2 Å². The lowest BCUT2D eigenvalue weighted by Crippen LogP contribution is -2.25. The van der Waals surface area contributed by atoms with E-state index in [4.69, 9.17) is 4.74 Å². The summed E-state index contributed by atoms with van der Waals surface area (Å²) in [6.45, 7) is -2.32. The van der Waals surface area contributed by atoms with E-state index in [0.717, 1.165) is 23.1 Å². The Hall–Kier alpha value is -4.28. The smallest absolute Gasteiger partial charge is 0.387 e. The van der Waals surface area contributed by atoms with E-state index < -0.39 is 18.1 Å². The molecule has 0 spiro atoms. The number of rotatable bonds is 8. The van der Waals surface area contributed by atoms with E-state index in [1.54, 1.807) is 18.2 Å². The number of halogens is 2. The number of nitrogens with zero attached hydrogens (tertiary/aromatic N) is 2. The lowest BCUT2D eigenvalue weighted by molar-refractivity contribution is -0.0515. The molecule has 1 fully saturated rings. The Morgan fingerprint density at radius 1 is 1.11 bits per heavy atom. The molecule has 1 saturated carbocycles. The lowest BCUT2D eigenvalue weighted by Gasteiger charge is -2.14. The number of carbonyl (C=O) groups is 2. The third-order valence-corrected chi connectivity index (χ3v) is 5.64. The van der Waals surface area contributed by atoms with E-state index in [2.05, 4.69) is 20.5 Å². The zero-order chi connectivity index (χ0) is 24.5. The molecule has 1 aromatic heterocycles. The predicted octanol–water partition coefficient (Wildman–Crippen LogP) is 3.12. The van der Waals surface area contributed by atoms with Crippen LogP contribution in [0.4, 0.5) is 14.5 Å². The minimum Gasteiger partial charge on any atom is -0.489 e. The molecule has 0 radical (unpaired) electrons. The third kappa shape index (κ3) is 4.98.